The number of ether oxygens (including phenoxy) is 2. The highest BCUT2D eigenvalue weighted by Crippen LogP contribution is 2.33. The Labute approximate surface area is 197 Å². The minimum atomic E-state index is -0.387. The number of hydrogen-bond acceptors (Lipinski definition) is 5. The summed E-state index contributed by atoms with van der Waals surface area (Å²) in [6.07, 6.45) is 0.817. The van der Waals surface area contributed by atoms with Crippen LogP contribution in [0.2, 0.25) is 0 Å². The van der Waals surface area contributed by atoms with Crippen molar-refractivity contribution in [2.45, 2.75) is 0 Å². The number of esters is 2. The molecule has 4 aromatic rings. The molecule has 4 aromatic carbocycles. The number of hydrogen-bond donors (Lipinski definition) is 0. The van der Waals surface area contributed by atoms with Gasteiger partial charge in [0.15, 0.2) is 0 Å². The van der Waals surface area contributed by atoms with Gasteiger partial charge >= 0.3 is 11.9 Å². The molecule has 5 nitrogen and oxygen atoms in total. The van der Waals surface area contributed by atoms with Crippen LogP contribution in [0.15, 0.2) is 91.0 Å². The van der Waals surface area contributed by atoms with E-state index in [4.69, 9.17) is 9.47 Å². The molecule has 0 unspecified atom stereocenters. The third-order valence-electron chi connectivity index (χ3n) is 5.59. The predicted molar refractivity (Wildman–Crippen MR) is 131 cm³/mol. The van der Waals surface area contributed by atoms with Crippen molar-refractivity contribution in [1.82, 2.24) is 0 Å². The smallest absolute Gasteiger partial charge is 0.337 e. The number of carbonyl (C=O) groups excluding carboxylic acids is 3. The first-order chi connectivity index (χ1) is 16.5. The lowest BCUT2D eigenvalue weighted by Crippen LogP contribution is -2.00. The zero-order chi connectivity index (χ0) is 24.1. The molecular weight excluding hydrogens is 428 g/mol. The minimum absolute atomic E-state index is 0.387. The molecule has 0 aromatic heterocycles. The molecule has 0 N–H and O–H groups in total. The lowest BCUT2D eigenvalue weighted by Gasteiger charge is -2.12. The molecule has 0 aliphatic carbocycles. The summed E-state index contributed by atoms with van der Waals surface area (Å²) in [5.41, 5.74) is 7.29. The zero-order valence-electron chi connectivity index (χ0n) is 18.8. The zero-order valence-corrected chi connectivity index (χ0v) is 18.8. The Balaban J connectivity index is 1.81. The molecule has 168 valence electrons. The summed E-state index contributed by atoms with van der Waals surface area (Å²) in [6, 6.07) is 28.0. The number of rotatable bonds is 6. The van der Waals surface area contributed by atoms with Gasteiger partial charge < -0.3 is 9.47 Å². The Kier molecular flexibility index (Phi) is 6.64. The van der Waals surface area contributed by atoms with Gasteiger partial charge in [0, 0.05) is 5.56 Å². The van der Waals surface area contributed by atoms with Gasteiger partial charge in [-0.15, -0.1) is 0 Å². The molecule has 0 atom stereocenters. The maximum atomic E-state index is 11.8. The predicted octanol–water partition coefficient (Wildman–Crippen LogP) is 6.07. The average Bonchev–Trinajstić information content (AvgIpc) is 2.92. The van der Waals surface area contributed by atoms with E-state index in [-0.39, 0.29) is 11.9 Å². The van der Waals surface area contributed by atoms with Crippen molar-refractivity contribution in [3.63, 3.8) is 0 Å². The molecule has 4 rings (SSSR count). The summed E-state index contributed by atoms with van der Waals surface area (Å²) < 4.78 is 9.59. The molecule has 0 aliphatic rings. The van der Waals surface area contributed by atoms with Crippen LogP contribution < -0.4 is 0 Å². The summed E-state index contributed by atoms with van der Waals surface area (Å²) in [5.74, 6) is -0.774. The van der Waals surface area contributed by atoms with Crippen molar-refractivity contribution in [3.05, 3.63) is 108 Å². The number of carbonyl (C=O) groups is 3. The van der Waals surface area contributed by atoms with E-state index >= 15 is 0 Å². The van der Waals surface area contributed by atoms with Crippen LogP contribution in [0.5, 0.6) is 0 Å². The minimum Gasteiger partial charge on any atom is -0.465 e. The molecule has 0 bridgehead atoms. The molecule has 5 heteroatoms. The topological polar surface area (TPSA) is 69.7 Å². The Morgan fingerprint density at radius 2 is 0.853 bits per heavy atom. The second-order valence-corrected chi connectivity index (χ2v) is 7.68. The highest BCUT2D eigenvalue weighted by atomic mass is 16.5. The van der Waals surface area contributed by atoms with Crippen molar-refractivity contribution < 1.29 is 23.9 Å². The average molecular weight is 450 g/mol. The van der Waals surface area contributed by atoms with Crippen LogP contribution in [0.4, 0.5) is 0 Å². The maximum absolute atomic E-state index is 11.8. The van der Waals surface area contributed by atoms with Gasteiger partial charge in [-0.1, -0.05) is 48.5 Å². The lowest BCUT2D eigenvalue weighted by molar-refractivity contribution is 0.0592. The number of aldehydes is 1. The van der Waals surface area contributed by atoms with E-state index in [0.29, 0.717) is 16.7 Å². The first-order valence-electron chi connectivity index (χ1n) is 10.6. The van der Waals surface area contributed by atoms with Gasteiger partial charge in [0.25, 0.3) is 0 Å². The van der Waals surface area contributed by atoms with Gasteiger partial charge in [0.05, 0.1) is 25.3 Å². The molecule has 0 saturated heterocycles. The van der Waals surface area contributed by atoms with Crippen LogP contribution in [-0.2, 0) is 9.47 Å². The van der Waals surface area contributed by atoms with Crippen molar-refractivity contribution in [3.8, 4) is 33.4 Å². The van der Waals surface area contributed by atoms with Gasteiger partial charge in [-0.05, 0) is 75.8 Å². The van der Waals surface area contributed by atoms with Crippen LogP contribution in [0.3, 0.4) is 0 Å². The molecule has 0 saturated carbocycles. The van der Waals surface area contributed by atoms with Gasteiger partial charge in [0.1, 0.15) is 6.29 Å². The Morgan fingerprint density at radius 1 is 0.529 bits per heavy atom. The van der Waals surface area contributed by atoms with Crippen LogP contribution in [0, 0.1) is 0 Å². The maximum Gasteiger partial charge on any atom is 0.337 e. The van der Waals surface area contributed by atoms with Crippen molar-refractivity contribution in [1.29, 1.82) is 0 Å². The van der Waals surface area contributed by atoms with E-state index in [1.807, 2.05) is 36.4 Å². The molecule has 0 aliphatic heterocycles. The molecule has 0 spiro atoms. The Morgan fingerprint density at radius 3 is 1.15 bits per heavy atom. The first kappa shape index (κ1) is 22.7. The summed E-state index contributed by atoms with van der Waals surface area (Å²) in [7, 11) is 2.71. The van der Waals surface area contributed by atoms with E-state index in [9.17, 15) is 14.4 Å². The SMILES string of the molecule is COC(=O)c1ccc(-c2cc(-c3ccc(C=O)cc3)cc(-c3ccc(C(=O)OC)cc3)c2)cc1. The fraction of sp³-hybridized carbons (Fsp3) is 0.0690. The summed E-state index contributed by atoms with van der Waals surface area (Å²) in [6.45, 7) is 0. The molecular formula is C29H22O5. The van der Waals surface area contributed by atoms with Crippen molar-refractivity contribution in [2.75, 3.05) is 14.2 Å². The largest absolute Gasteiger partial charge is 0.465 e. The van der Waals surface area contributed by atoms with Crippen LogP contribution in [-0.4, -0.2) is 32.4 Å². The van der Waals surface area contributed by atoms with E-state index in [1.165, 1.54) is 14.2 Å². The van der Waals surface area contributed by atoms with E-state index in [2.05, 4.69) is 18.2 Å². The second-order valence-electron chi connectivity index (χ2n) is 7.68. The quantitative estimate of drug-likeness (QED) is 0.263. The van der Waals surface area contributed by atoms with E-state index in [1.54, 1.807) is 36.4 Å². The fourth-order valence-corrected chi connectivity index (χ4v) is 3.71. The van der Waals surface area contributed by atoms with Crippen molar-refractivity contribution >= 4 is 18.2 Å². The Bertz CT molecular complexity index is 1260. The van der Waals surface area contributed by atoms with Crippen LogP contribution in [0.25, 0.3) is 33.4 Å². The summed E-state index contributed by atoms with van der Waals surface area (Å²) in [5, 5.41) is 0. The highest BCUT2D eigenvalue weighted by molar-refractivity contribution is 5.91. The van der Waals surface area contributed by atoms with Gasteiger partial charge in [0.2, 0.25) is 0 Å². The van der Waals surface area contributed by atoms with Gasteiger partial charge in [-0.2, -0.15) is 0 Å². The van der Waals surface area contributed by atoms with Crippen LogP contribution >= 0.6 is 0 Å². The normalized spacial score (nSPS) is 10.4. The molecule has 0 radical (unpaired) electrons. The van der Waals surface area contributed by atoms with Crippen LogP contribution in [0.1, 0.15) is 31.1 Å². The van der Waals surface area contributed by atoms with Gasteiger partial charge in [-0.3, -0.25) is 4.79 Å². The van der Waals surface area contributed by atoms with E-state index < -0.39 is 0 Å². The standard InChI is InChI=1S/C29H22O5/c1-33-28(31)23-11-7-21(8-12-23)26-15-25(20-5-3-19(18-30)4-6-20)16-27(17-26)22-9-13-24(14-10-22)29(32)34-2/h3-18H,1-2H3. The third-order valence-corrected chi connectivity index (χ3v) is 5.59. The van der Waals surface area contributed by atoms with E-state index in [0.717, 1.165) is 39.7 Å². The Hall–Kier alpha value is -4.51. The number of benzene rings is 4. The number of methoxy groups -OCH3 is 2. The summed E-state index contributed by atoms with van der Waals surface area (Å²) >= 11 is 0. The summed E-state index contributed by atoms with van der Waals surface area (Å²) in [4.78, 5) is 34.7. The van der Waals surface area contributed by atoms with Crippen molar-refractivity contribution in [2.24, 2.45) is 0 Å². The highest BCUT2D eigenvalue weighted by Gasteiger charge is 2.11. The second kappa shape index (κ2) is 9.96. The molecule has 0 fully saturated rings. The molecule has 0 heterocycles. The van der Waals surface area contributed by atoms with Gasteiger partial charge in [-0.25, -0.2) is 9.59 Å². The third kappa shape index (κ3) is 4.79. The first-order valence-corrected chi connectivity index (χ1v) is 10.6. The lowest BCUT2D eigenvalue weighted by atomic mass is 9.92. The molecule has 34 heavy (non-hydrogen) atoms. The fourth-order valence-electron chi connectivity index (χ4n) is 3.71. The monoisotopic (exact) mass is 450 g/mol. The molecule has 0 amide bonds.